The van der Waals surface area contributed by atoms with E-state index in [1.165, 1.54) is 7.11 Å². The Morgan fingerprint density at radius 3 is 2.47 bits per heavy atom. The molecule has 0 unspecified atom stereocenters. The van der Waals surface area contributed by atoms with E-state index in [-0.39, 0.29) is 30.8 Å². The van der Waals surface area contributed by atoms with Crippen molar-refractivity contribution in [2.75, 3.05) is 18.0 Å². The third kappa shape index (κ3) is 6.31. The Morgan fingerprint density at radius 1 is 1.08 bits per heavy atom. The van der Waals surface area contributed by atoms with Crippen molar-refractivity contribution in [3.8, 4) is 5.75 Å². The van der Waals surface area contributed by atoms with Gasteiger partial charge < -0.3 is 9.47 Å². The fourth-order valence-electron chi connectivity index (χ4n) is 3.95. The monoisotopic (exact) mass is 565 g/mol. The lowest BCUT2D eigenvalue weighted by Crippen LogP contribution is -2.43. The number of carbonyl (C=O) groups excluding carboxylic acids is 1. The molecular weight excluding hydrogens is 543 g/mol. The van der Waals surface area contributed by atoms with Gasteiger partial charge in [0.05, 0.1) is 29.8 Å². The zero-order chi connectivity index (χ0) is 27.5. The number of nitrogens with zero attached hydrogens (tertiary/aromatic N) is 1. The molecular formula is C27H23ClF3NO5S. The number of benzene rings is 3. The maximum absolute atomic E-state index is 13.7. The molecule has 1 aliphatic rings. The molecule has 0 saturated heterocycles. The quantitative estimate of drug-likeness (QED) is 0.243. The van der Waals surface area contributed by atoms with Gasteiger partial charge >= 0.3 is 12.1 Å². The number of esters is 1. The van der Waals surface area contributed by atoms with Gasteiger partial charge in [0.15, 0.2) is 0 Å². The molecule has 0 N–H and O–H groups in total. The van der Waals surface area contributed by atoms with E-state index in [2.05, 4.69) is 4.74 Å². The highest BCUT2D eigenvalue weighted by atomic mass is 35.5. The van der Waals surface area contributed by atoms with E-state index >= 15 is 0 Å². The van der Waals surface area contributed by atoms with Crippen molar-refractivity contribution in [1.29, 1.82) is 0 Å². The Morgan fingerprint density at radius 2 is 1.79 bits per heavy atom. The van der Waals surface area contributed by atoms with Gasteiger partial charge in [-0.25, -0.2) is 8.42 Å². The van der Waals surface area contributed by atoms with Crippen LogP contribution in [0.3, 0.4) is 0 Å². The molecule has 4 rings (SSSR count). The summed E-state index contributed by atoms with van der Waals surface area (Å²) in [6.45, 7) is -0.204. The Balaban J connectivity index is 1.73. The molecule has 0 aromatic heterocycles. The fraction of sp³-hybridized carbons (Fsp3) is 0.222. The van der Waals surface area contributed by atoms with E-state index in [1.807, 2.05) is 6.07 Å². The zero-order valence-electron chi connectivity index (χ0n) is 20.1. The lowest BCUT2D eigenvalue weighted by atomic mass is 10.1. The molecule has 3 aromatic carbocycles. The first-order valence-corrected chi connectivity index (χ1v) is 13.3. The van der Waals surface area contributed by atoms with E-state index in [1.54, 1.807) is 48.6 Å². The minimum atomic E-state index is -4.71. The van der Waals surface area contributed by atoms with Gasteiger partial charge in [-0.3, -0.25) is 9.10 Å². The first-order chi connectivity index (χ1) is 18.0. The molecule has 1 atom stereocenters. The highest BCUT2D eigenvalue weighted by Crippen LogP contribution is 2.40. The van der Waals surface area contributed by atoms with Gasteiger partial charge in [-0.1, -0.05) is 48.0 Å². The van der Waals surface area contributed by atoms with Gasteiger partial charge in [0.25, 0.3) is 10.0 Å². The first-order valence-electron chi connectivity index (χ1n) is 11.5. The summed E-state index contributed by atoms with van der Waals surface area (Å²) in [7, 11) is -3.19. The van der Waals surface area contributed by atoms with Crippen LogP contribution in [0.1, 0.15) is 29.5 Å². The Hall–Kier alpha value is -3.50. The van der Waals surface area contributed by atoms with Crippen LogP contribution >= 0.6 is 11.6 Å². The van der Waals surface area contributed by atoms with E-state index < -0.39 is 38.7 Å². The number of fused-ring (bicyclic) bond motifs is 1. The van der Waals surface area contributed by atoms with E-state index in [9.17, 15) is 26.4 Å². The summed E-state index contributed by atoms with van der Waals surface area (Å²) in [6.07, 6.45) is -1.76. The molecule has 0 spiro atoms. The van der Waals surface area contributed by atoms with Crippen molar-refractivity contribution in [1.82, 2.24) is 0 Å². The van der Waals surface area contributed by atoms with Crippen molar-refractivity contribution >= 4 is 45.4 Å². The number of rotatable bonds is 7. The topological polar surface area (TPSA) is 72.9 Å². The van der Waals surface area contributed by atoms with Crippen LogP contribution in [0, 0.1) is 0 Å². The third-order valence-electron chi connectivity index (χ3n) is 5.88. The highest BCUT2D eigenvalue weighted by molar-refractivity contribution is 7.92. The normalized spacial score (nSPS) is 15.7. The number of methoxy groups -OCH3 is 1. The molecule has 0 saturated carbocycles. The van der Waals surface area contributed by atoms with Crippen molar-refractivity contribution in [3.05, 3.63) is 88.4 Å². The van der Waals surface area contributed by atoms with Crippen LogP contribution in [0.5, 0.6) is 5.75 Å². The number of hydrogen-bond donors (Lipinski definition) is 0. The van der Waals surface area contributed by atoms with Gasteiger partial charge in [-0.2, -0.15) is 13.2 Å². The first kappa shape index (κ1) is 27.5. The van der Waals surface area contributed by atoms with Gasteiger partial charge in [0, 0.05) is 11.4 Å². The SMILES string of the molecule is COC(=O)CC[C@H]1CN(S(=O)(=O)c2cccc(C(F)(F)F)c2)c2cc(/C=C/c3cccc(Cl)c3)ccc2O1. The average Bonchev–Trinajstić information content (AvgIpc) is 2.89. The van der Waals surface area contributed by atoms with E-state index in [0.717, 1.165) is 28.1 Å². The molecule has 11 heteroatoms. The third-order valence-corrected chi connectivity index (χ3v) is 7.89. The standard InChI is InChI=1S/C27H23ClF3NO5S/c1-36-26(33)13-11-22-17-32(38(34,35)23-7-3-5-20(16-23)27(29,30)31)24-15-19(10-12-25(24)37-22)9-8-18-4-2-6-21(28)14-18/h2-10,12,14-16,22H,11,13,17H2,1H3/b9-8+/t22-/m0/s1. The maximum atomic E-state index is 13.7. The smallest absolute Gasteiger partial charge is 0.416 e. The van der Waals surface area contributed by atoms with Crippen molar-refractivity contribution in [2.45, 2.75) is 30.0 Å². The van der Waals surface area contributed by atoms with Crippen LogP contribution in [-0.2, 0) is 25.7 Å². The van der Waals surface area contributed by atoms with Gasteiger partial charge in [0.2, 0.25) is 0 Å². The highest BCUT2D eigenvalue weighted by Gasteiger charge is 2.37. The summed E-state index contributed by atoms with van der Waals surface area (Å²) in [6, 6.07) is 15.6. The van der Waals surface area contributed by atoms with E-state index in [4.69, 9.17) is 16.3 Å². The number of alkyl halides is 3. The van der Waals surface area contributed by atoms with Crippen molar-refractivity contribution in [2.24, 2.45) is 0 Å². The molecule has 0 amide bonds. The minimum Gasteiger partial charge on any atom is -0.486 e. The number of anilines is 1. The molecule has 0 radical (unpaired) electrons. The largest absolute Gasteiger partial charge is 0.486 e. The molecule has 3 aromatic rings. The Kier molecular flexibility index (Phi) is 8.03. The fourth-order valence-corrected chi connectivity index (χ4v) is 5.70. The predicted molar refractivity (Wildman–Crippen MR) is 138 cm³/mol. The summed E-state index contributed by atoms with van der Waals surface area (Å²) in [5, 5.41) is 0.558. The lowest BCUT2D eigenvalue weighted by molar-refractivity contribution is -0.141. The number of sulfonamides is 1. The summed E-state index contributed by atoms with van der Waals surface area (Å²) in [5.74, 6) is -0.269. The molecule has 200 valence electrons. The van der Waals surface area contributed by atoms with Crippen LogP contribution in [0.15, 0.2) is 71.6 Å². The lowest BCUT2D eigenvalue weighted by Gasteiger charge is -2.35. The van der Waals surface area contributed by atoms with Crippen LogP contribution in [0.4, 0.5) is 18.9 Å². The number of ether oxygens (including phenoxy) is 2. The second kappa shape index (κ2) is 11.1. The summed E-state index contributed by atoms with van der Waals surface area (Å²) in [4.78, 5) is 11.1. The van der Waals surface area contributed by atoms with Crippen LogP contribution in [0.2, 0.25) is 5.02 Å². The van der Waals surface area contributed by atoms with Gasteiger partial charge in [0.1, 0.15) is 11.9 Å². The molecule has 6 nitrogen and oxygen atoms in total. The maximum Gasteiger partial charge on any atom is 0.416 e. The molecule has 38 heavy (non-hydrogen) atoms. The summed E-state index contributed by atoms with van der Waals surface area (Å²) >= 11 is 6.03. The minimum absolute atomic E-state index is 0.0194. The van der Waals surface area contributed by atoms with Crippen LogP contribution in [0.25, 0.3) is 12.2 Å². The Bertz CT molecular complexity index is 1470. The molecule has 0 aliphatic carbocycles. The molecule has 0 bridgehead atoms. The van der Waals surface area contributed by atoms with E-state index in [0.29, 0.717) is 16.7 Å². The van der Waals surface area contributed by atoms with Gasteiger partial charge in [-0.15, -0.1) is 0 Å². The summed E-state index contributed by atoms with van der Waals surface area (Å²) in [5.41, 5.74) is 0.546. The molecule has 1 aliphatic heterocycles. The average molecular weight is 566 g/mol. The predicted octanol–water partition coefficient (Wildman–Crippen LogP) is 6.44. The zero-order valence-corrected chi connectivity index (χ0v) is 21.7. The second-order valence-electron chi connectivity index (χ2n) is 8.53. The Labute approximate surface area is 223 Å². The number of hydrogen-bond acceptors (Lipinski definition) is 5. The number of carbonyl (C=O) groups is 1. The van der Waals surface area contributed by atoms with Crippen LogP contribution in [-0.4, -0.2) is 34.1 Å². The second-order valence-corrected chi connectivity index (χ2v) is 10.8. The van der Waals surface area contributed by atoms with Crippen molar-refractivity contribution < 1.29 is 35.9 Å². The van der Waals surface area contributed by atoms with Crippen LogP contribution < -0.4 is 9.04 Å². The number of halogens is 4. The summed E-state index contributed by atoms with van der Waals surface area (Å²) < 4.78 is 79.0. The van der Waals surface area contributed by atoms with Gasteiger partial charge in [-0.05, 0) is 60.0 Å². The molecule has 0 fully saturated rings. The molecule has 1 heterocycles. The van der Waals surface area contributed by atoms with Crippen molar-refractivity contribution in [3.63, 3.8) is 0 Å².